The predicted octanol–water partition coefficient (Wildman–Crippen LogP) is 3.35. The largest absolute Gasteiger partial charge is 0.496 e. The third-order valence-corrected chi connectivity index (χ3v) is 7.86. The second-order valence-electron chi connectivity index (χ2n) is 8.52. The molecular weight excluding hydrogens is 478 g/mol. The highest BCUT2D eigenvalue weighted by molar-refractivity contribution is 7.92. The number of rotatable bonds is 9. The van der Waals surface area contributed by atoms with Crippen molar-refractivity contribution in [3.63, 3.8) is 0 Å². The van der Waals surface area contributed by atoms with Gasteiger partial charge in [-0.3, -0.25) is 9.10 Å². The molecule has 36 heavy (non-hydrogen) atoms. The van der Waals surface area contributed by atoms with Crippen LogP contribution in [0.15, 0.2) is 77.7 Å². The first kappa shape index (κ1) is 25.5. The van der Waals surface area contributed by atoms with Crippen molar-refractivity contribution < 1.29 is 22.7 Å². The maximum atomic E-state index is 13.6. The Hall–Kier alpha value is -3.56. The van der Waals surface area contributed by atoms with Crippen molar-refractivity contribution in [3.05, 3.63) is 83.9 Å². The van der Waals surface area contributed by atoms with Crippen LogP contribution in [0.25, 0.3) is 0 Å². The number of nitrogens with zero attached hydrogens (tertiary/aromatic N) is 2. The molecule has 1 heterocycles. The molecule has 8 nitrogen and oxygen atoms in total. The highest BCUT2D eigenvalue weighted by Gasteiger charge is 2.27. The highest BCUT2D eigenvalue weighted by Crippen LogP contribution is 2.27. The minimum Gasteiger partial charge on any atom is -0.496 e. The quantitative estimate of drug-likeness (QED) is 0.476. The molecular formula is C27H31N3O5S. The molecule has 1 fully saturated rings. The summed E-state index contributed by atoms with van der Waals surface area (Å²) in [5.41, 5.74) is 3.15. The van der Waals surface area contributed by atoms with Crippen LogP contribution in [0.3, 0.4) is 0 Å². The van der Waals surface area contributed by atoms with E-state index in [1.165, 1.54) is 13.2 Å². The Morgan fingerprint density at radius 1 is 1.03 bits per heavy atom. The predicted molar refractivity (Wildman–Crippen MR) is 140 cm³/mol. The molecule has 4 rings (SSSR count). The van der Waals surface area contributed by atoms with E-state index < -0.39 is 15.9 Å². The first-order chi connectivity index (χ1) is 17.4. The number of ether oxygens (including phenoxy) is 2. The Morgan fingerprint density at radius 3 is 2.36 bits per heavy atom. The summed E-state index contributed by atoms with van der Waals surface area (Å²) in [5.74, 6) is 0.197. The molecule has 3 aromatic carbocycles. The Kier molecular flexibility index (Phi) is 8.12. The number of morpholine rings is 1. The zero-order valence-corrected chi connectivity index (χ0v) is 21.3. The summed E-state index contributed by atoms with van der Waals surface area (Å²) in [6.07, 6.45) is 0. The number of nitrogens with one attached hydrogen (secondary N) is 1. The van der Waals surface area contributed by atoms with Crippen molar-refractivity contribution >= 4 is 27.3 Å². The summed E-state index contributed by atoms with van der Waals surface area (Å²) in [6, 6.07) is 21.3. The molecule has 0 aromatic heterocycles. The molecule has 1 N–H and O–H groups in total. The number of hydrogen-bond acceptors (Lipinski definition) is 6. The highest BCUT2D eigenvalue weighted by atomic mass is 32.2. The second-order valence-corrected chi connectivity index (χ2v) is 10.4. The summed E-state index contributed by atoms with van der Waals surface area (Å²) in [7, 11) is -2.46. The standard InChI is InChI=1S/C27H31N3O5S/c1-21-18-25(12-13-26(21)34-2)36(32,33)30(24-6-4-3-5-7-24)20-27(31)28-19-22-8-10-23(11-9-22)29-14-16-35-17-15-29/h3-13,18H,14-17,19-20H2,1-2H3,(H,28,31). The monoisotopic (exact) mass is 509 g/mol. The molecule has 1 saturated heterocycles. The Balaban J connectivity index is 1.47. The Labute approximate surface area is 212 Å². The van der Waals surface area contributed by atoms with Gasteiger partial charge >= 0.3 is 0 Å². The van der Waals surface area contributed by atoms with Crippen LogP contribution in [0.2, 0.25) is 0 Å². The summed E-state index contributed by atoms with van der Waals surface area (Å²) in [4.78, 5) is 15.3. The first-order valence-corrected chi connectivity index (χ1v) is 13.2. The molecule has 0 atom stereocenters. The van der Waals surface area contributed by atoms with Gasteiger partial charge < -0.3 is 19.7 Å². The number of carbonyl (C=O) groups excluding carboxylic acids is 1. The van der Waals surface area contributed by atoms with Crippen molar-refractivity contribution in [2.45, 2.75) is 18.4 Å². The van der Waals surface area contributed by atoms with Gasteiger partial charge in [-0.15, -0.1) is 0 Å². The normalized spacial score (nSPS) is 13.8. The molecule has 190 valence electrons. The summed E-state index contributed by atoms with van der Waals surface area (Å²) >= 11 is 0. The van der Waals surface area contributed by atoms with E-state index in [-0.39, 0.29) is 11.4 Å². The van der Waals surface area contributed by atoms with Crippen molar-refractivity contribution in [3.8, 4) is 5.75 Å². The third kappa shape index (κ3) is 5.98. The van der Waals surface area contributed by atoms with Gasteiger partial charge in [-0.1, -0.05) is 30.3 Å². The van der Waals surface area contributed by atoms with Crippen LogP contribution >= 0.6 is 0 Å². The fourth-order valence-electron chi connectivity index (χ4n) is 4.08. The lowest BCUT2D eigenvalue weighted by Crippen LogP contribution is -2.40. The Morgan fingerprint density at radius 2 is 1.72 bits per heavy atom. The van der Waals surface area contributed by atoms with Crippen LogP contribution in [0, 0.1) is 6.92 Å². The number of amides is 1. The van der Waals surface area contributed by atoms with Crippen molar-refractivity contribution in [2.24, 2.45) is 0 Å². The topological polar surface area (TPSA) is 88.2 Å². The summed E-state index contributed by atoms with van der Waals surface area (Å²) < 4.78 is 38.9. The summed E-state index contributed by atoms with van der Waals surface area (Å²) in [6.45, 7) is 4.88. The van der Waals surface area contributed by atoms with Crippen molar-refractivity contribution in [2.75, 3.05) is 49.2 Å². The van der Waals surface area contributed by atoms with Gasteiger partial charge in [0.2, 0.25) is 5.91 Å². The molecule has 0 unspecified atom stereocenters. The van der Waals surface area contributed by atoms with E-state index in [9.17, 15) is 13.2 Å². The van der Waals surface area contributed by atoms with Crippen molar-refractivity contribution in [1.29, 1.82) is 0 Å². The lowest BCUT2D eigenvalue weighted by molar-refractivity contribution is -0.119. The van der Waals surface area contributed by atoms with Crippen LogP contribution in [0.5, 0.6) is 5.75 Å². The lowest BCUT2D eigenvalue weighted by atomic mass is 10.2. The molecule has 0 saturated carbocycles. The van der Waals surface area contributed by atoms with Crippen LogP contribution < -0.4 is 19.3 Å². The van der Waals surface area contributed by atoms with Crippen LogP contribution in [0.1, 0.15) is 11.1 Å². The van der Waals surface area contributed by atoms with Crippen molar-refractivity contribution in [1.82, 2.24) is 5.32 Å². The number of sulfonamides is 1. The van der Waals surface area contributed by atoms with Gasteiger partial charge in [0.1, 0.15) is 12.3 Å². The van der Waals surface area contributed by atoms with E-state index in [0.29, 0.717) is 36.8 Å². The fraction of sp³-hybridized carbons (Fsp3) is 0.296. The Bertz CT molecular complexity index is 1270. The van der Waals surface area contributed by atoms with Crippen LogP contribution in [0.4, 0.5) is 11.4 Å². The maximum absolute atomic E-state index is 13.6. The number of benzene rings is 3. The molecule has 0 aliphatic carbocycles. The number of hydrogen-bond donors (Lipinski definition) is 1. The number of para-hydroxylation sites is 1. The summed E-state index contributed by atoms with van der Waals surface area (Å²) in [5, 5.41) is 2.85. The molecule has 0 bridgehead atoms. The molecule has 1 amide bonds. The number of anilines is 2. The minimum atomic E-state index is -4.00. The maximum Gasteiger partial charge on any atom is 0.264 e. The van der Waals surface area contributed by atoms with Gasteiger partial charge in [-0.05, 0) is 60.5 Å². The van der Waals surface area contributed by atoms with Gasteiger partial charge in [0.15, 0.2) is 0 Å². The molecule has 1 aliphatic rings. The minimum absolute atomic E-state index is 0.0937. The lowest BCUT2D eigenvalue weighted by Gasteiger charge is -2.29. The third-order valence-electron chi connectivity index (χ3n) is 6.09. The van der Waals surface area contributed by atoms with Crippen LogP contribution in [-0.2, 0) is 26.1 Å². The number of aryl methyl sites for hydroxylation is 1. The van der Waals surface area contributed by atoms with Gasteiger partial charge in [-0.2, -0.15) is 0 Å². The van der Waals surface area contributed by atoms with Gasteiger partial charge in [0.25, 0.3) is 10.0 Å². The van der Waals surface area contributed by atoms with E-state index in [1.54, 1.807) is 49.4 Å². The van der Waals surface area contributed by atoms with Gasteiger partial charge in [0, 0.05) is 25.3 Å². The van der Waals surface area contributed by atoms with E-state index >= 15 is 0 Å². The number of carbonyl (C=O) groups is 1. The van der Waals surface area contributed by atoms with E-state index in [4.69, 9.17) is 9.47 Å². The van der Waals surface area contributed by atoms with E-state index in [0.717, 1.165) is 28.6 Å². The SMILES string of the molecule is COc1ccc(S(=O)(=O)N(CC(=O)NCc2ccc(N3CCOCC3)cc2)c2ccccc2)cc1C. The smallest absolute Gasteiger partial charge is 0.264 e. The first-order valence-electron chi connectivity index (χ1n) is 11.8. The zero-order valence-electron chi connectivity index (χ0n) is 20.5. The van der Waals surface area contributed by atoms with Gasteiger partial charge in [0.05, 0.1) is 30.9 Å². The second kappa shape index (κ2) is 11.5. The average molecular weight is 510 g/mol. The zero-order chi connectivity index (χ0) is 25.5. The fourth-order valence-corrected chi connectivity index (χ4v) is 5.59. The molecule has 0 spiro atoms. The molecule has 1 aliphatic heterocycles. The average Bonchev–Trinajstić information content (AvgIpc) is 2.91. The molecule has 0 radical (unpaired) electrons. The van der Waals surface area contributed by atoms with E-state index in [1.807, 2.05) is 24.3 Å². The van der Waals surface area contributed by atoms with Crippen LogP contribution in [-0.4, -0.2) is 54.3 Å². The van der Waals surface area contributed by atoms with Gasteiger partial charge in [-0.25, -0.2) is 8.42 Å². The number of methoxy groups -OCH3 is 1. The van der Waals surface area contributed by atoms with E-state index in [2.05, 4.69) is 10.2 Å². The molecule has 3 aromatic rings. The molecule has 9 heteroatoms.